The van der Waals surface area contributed by atoms with Crippen LogP contribution in [0, 0.1) is 0 Å². The summed E-state index contributed by atoms with van der Waals surface area (Å²) in [7, 11) is 1.17. The van der Waals surface area contributed by atoms with Crippen molar-refractivity contribution in [1.82, 2.24) is 5.32 Å². The normalized spacial score (nSPS) is 11.5. The fourth-order valence-corrected chi connectivity index (χ4v) is 1.81. The molecule has 0 aliphatic rings. The van der Waals surface area contributed by atoms with Crippen LogP contribution in [0.1, 0.15) is 24.8 Å². The average Bonchev–Trinajstić information content (AvgIpc) is 2.47. The van der Waals surface area contributed by atoms with E-state index in [2.05, 4.69) is 10.1 Å². The van der Waals surface area contributed by atoms with Gasteiger partial charge in [0.05, 0.1) is 13.5 Å². The highest BCUT2D eigenvalue weighted by atomic mass is 16.5. The van der Waals surface area contributed by atoms with E-state index in [1.807, 2.05) is 30.3 Å². The Morgan fingerprint density at radius 3 is 2.48 bits per heavy atom. The number of carboxylic acids is 1. The molecule has 0 aliphatic heterocycles. The zero-order chi connectivity index (χ0) is 15.7. The number of aryl methyl sites for hydroxylation is 1. The molecule has 114 valence electrons. The molecule has 0 saturated heterocycles. The molecule has 0 spiro atoms. The third kappa shape index (κ3) is 6.56. The van der Waals surface area contributed by atoms with Crippen molar-refractivity contribution in [2.24, 2.45) is 0 Å². The van der Waals surface area contributed by atoms with Crippen LogP contribution in [0.4, 0.5) is 0 Å². The van der Waals surface area contributed by atoms with Crippen LogP contribution in [0.5, 0.6) is 0 Å². The molecule has 21 heavy (non-hydrogen) atoms. The number of hydrogen-bond acceptors (Lipinski definition) is 4. The van der Waals surface area contributed by atoms with Crippen LogP contribution in [0.15, 0.2) is 30.3 Å². The Balaban J connectivity index is 2.36. The quantitative estimate of drug-likeness (QED) is 0.701. The lowest BCUT2D eigenvalue weighted by Gasteiger charge is -2.13. The maximum atomic E-state index is 11.7. The van der Waals surface area contributed by atoms with Gasteiger partial charge in [0.25, 0.3) is 0 Å². The molecular weight excluding hydrogens is 274 g/mol. The molecule has 0 heterocycles. The van der Waals surface area contributed by atoms with E-state index in [0.29, 0.717) is 6.42 Å². The van der Waals surface area contributed by atoms with Gasteiger partial charge in [-0.3, -0.25) is 9.59 Å². The summed E-state index contributed by atoms with van der Waals surface area (Å²) in [6.07, 6.45) is 1.18. The minimum atomic E-state index is -1.25. The van der Waals surface area contributed by atoms with E-state index in [4.69, 9.17) is 5.11 Å². The van der Waals surface area contributed by atoms with Crippen molar-refractivity contribution in [3.8, 4) is 0 Å². The van der Waals surface area contributed by atoms with Crippen LogP contribution in [0.2, 0.25) is 0 Å². The largest absolute Gasteiger partial charge is 0.480 e. The van der Waals surface area contributed by atoms with Gasteiger partial charge in [0.1, 0.15) is 6.04 Å². The number of carbonyl (C=O) groups is 3. The molecule has 0 aromatic heterocycles. The number of aliphatic carboxylic acids is 1. The first-order valence-electron chi connectivity index (χ1n) is 6.66. The van der Waals surface area contributed by atoms with E-state index in [-0.39, 0.29) is 18.7 Å². The number of methoxy groups -OCH3 is 1. The molecule has 1 rings (SSSR count). The number of amides is 1. The highest BCUT2D eigenvalue weighted by molar-refractivity contribution is 5.87. The lowest BCUT2D eigenvalue weighted by molar-refractivity contribution is -0.148. The monoisotopic (exact) mass is 293 g/mol. The summed E-state index contributed by atoms with van der Waals surface area (Å²) in [6.45, 7) is 0. The first-order valence-corrected chi connectivity index (χ1v) is 6.66. The molecule has 1 atom stereocenters. The molecule has 1 aromatic rings. The molecule has 2 N–H and O–H groups in total. The maximum absolute atomic E-state index is 11.7. The molecule has 1 aromatic carbocycles. The number of rotatable bonds is 8. The predicted molar refractivity (Wildman–Crippen MR) is 75.6 cm³/mol. The van der Waals surface area contributed by atoms with Crippen LogP contribution in [0.3, 0.4) is 0 Å². The van der Waals surface area contributed by atoms with Gasteiger partial charge in [-0.05, 0) is 18.4 Å². The molecule has 1 amide bonds. The number of ether oxygens (including phenoxy) is 1. The second-order valence-corrected chi connectivity index (χ2v) is 4.58. The fraction of sp³-hybridized carbons (Fsp3) is 0.400. The number of esters is 1. The van der Waals surface area contributed by atoms with Crippen molar-refractivity contribution >= 4 is 17.8 Å². The van der Waals surface area contributed by atoms with Gasteiger partial charge < -0.3 is 15.2 Å². The van der Waals surface area contributed by atoms with Crippen molar-refractivity contribution in [1.29, 1.82) is 0 Å². The molecular formula is C15H19NO5. The molecule has 0 aliphatic carbocycles. The van der Waals surface area contributed by atoms with Crippen molar-refractivity contribution in [2.75, 3.05) is 7.11 Å². The van der Waals surface area contributed by atoms with Gasteiger partial charge in [-0.1, -0.05) is 30.3 Å². The number of carboxylic acid groups (broad SMARTS) is 1. The summed E-state index contributed by atoms with van der Waals surface area (Å²) < 4.78 is 4.40. The van der Waals surface area contributed by atoms with Crippen LogP contribution in [0.25, 0.3) is 0 Å². The topological polar surface area (TPSA) is 92.7 Å². The molecule has 0 saturated carbocycles. The molecule has 0 bridgehead atoms. The van der Waals surface area contributed by atoms with Gasteiger partial charge in [-0.25, -0.2) is 4.79 Å². The van der Waals surface area contributed by atoms with Crippen LogP contribution in [-0.2, 0) is 25.5 Å². The van der Waals surface area contributed by atoms with Crippen molar-refractivity contribution in [3.63, 3.8) is 0 Å². The number of carbonyl (C=O) groups excluding carboxylic acids is 2. The Labute approximate surface area is 123 Å². The van der Waals surface area contributed by atoms with Crippen molar-refractivity contribution in [2.45, 2.75) is 31.7 Å². The Hall–Kier alpha value is -2.37. The predicted octanol–water partition coefficient (Wildman–Crippen LogP) is 1.14. The fourth-order valence-electron chi connectivity index (χ4n) is 1.81. The highest BCUT2D eigenvalue weighted by Crippen LogP contribution is 2.05. The maximum Gasteiger partial charge on any atom is 0.326 e. The SMILES string of the molecule is COC(=O)C[C@H](NC(=O)CCCc1ccccc1)C(=O)O. The molecule has 6 nitrogen and oxygen atoms in total. The lowest BCUT2D eigenvalue weighted by Crippen LogP contribution is -2.42. The number of nitrogens with one attached hydrogen (secondary N) is 1. The van der Waals surface area contributed by atoms with Crippen LogP contribution < -0.4 is 5.32 Å². The summed E-state index contributed by atoms with van der Waals surface area (Å²) in [4.78, 5) is 33.7. The minimum Gasteiger partial charge on any atom is -0.480 e. The second-order valence-electron chi connectivity index (χ2n) is 4.58. The summed E-state index contributed by atoms with van der Waals surface area (Å²) in [6, 6.07) is 8.45. The molecule has 0 radical (unpaired) electrons. The van der Waals surface area contributed by atoms with Gasteiger partial charge in [0.15, 0.2) is 0 Å². The average molecular weight is 293 g/mol. The third-order valence-corrected chi connectivity index (χ3v) is 2.94. The Bertz CT molecular complexity index is 486. The minimum absolute atomic E-state index is 0.208. The van der Waals surface area contributed by atoms with E-state index in [1.165, 1.54) is 7.11 Å². The zero-order valence-corrected chi connectivity index (χ0v) is 11.9. The van der Waals surface area contributed by atoms with Crippen molar-refractivity contribution in [3.05, 3.63) is 35.9 Å². The Kier molecular flexibility index (Phi) is 6.94. The smallest absolute Gasteiger partial charge is 0.326 e. The number of hydrogen-bond donors (Lipinski definition) is 2. The highest BCUT2D eigenvalue weighted by Gasteiger charge is 2.23. The summed E-state index contributed by atoms with van der Waals surface area (Å²) in [5.74, 6) is -2.31. The Morgan fingerprint density at radius 2 is 1.90 bits per heavy atom. The van der Waals surface area contributed by atoms with E-state index in [9.17, 15) is 14.4 Å². The van der Waals surface area contributed by atoms with Gasteiger partial charge in [-0.15, -0.1) is 0 Å². The van der Waals surface area contributed by atoms with Gasteiger partial charge in [-0.2, -0.15) is 0 Å². The standard InChI is InChI=1S/C15H19NO5/c1-21-14(18)10-12(15(19)20)16-13(17)9-5-8-11-6-3-2-4-7-11/h2-4,6-7,12H,5,8-10H2,1H3,(H,16,17)(H,19,20)/t12-/m0/s1. The first-order chi connectivity index (χ1) is 10.0. The van der Waals surface area contributed by atoms with Gasteiger partial charge in [0.2, 0.25) is 5.91 Å². The van der Waals surface area contributed by atoms with E-state index >= 15 is 0 Å². The number of benzene rings is 1. The molecule has 0 unspecified atom stereocenters. The lowest BCUT2D eigenvalue weighted by atomic mass is 10.1. The van der Waals surface area contributed by atoms with Crippen LogP contribution >= 0.6 is 0 Å². The van der Waals surface area contributed by atoms with E-state index < -0.39 is 18.0 Å². The van der Waals surface area contributed by atoms with E-state index in [0.717, 1.165) is 12.0 Å². The Morgan fingerprint density at radius 1 is 1.24 bits per heavy atom. The van der Waals surface area contributed by atoms with Gasteiger partial charge >= 0.3 is 11.9 Å². The van der Waals surface area contributed by atoms with Crippen molar-refractivity contribution < 1.29 is 24.2 Å². The first kappa shape index (κ1) is 16.7. The third-order valence-electron chi connectivity index (χ3n) is 2.94. The molecule has 6 heteroatoms. The summed E-state index contributed by atoms with van der Waals surface area (Å²) in [5.41, 5.74) is 1.12. The van der Waals surface area contributed by atoms with Crippen LogP contribution in [-0.4, -0.2) is 36.1 Å². The summed E-state index contributed by atoms with van der Waals surface area (Å²) in [5, 5.41) is 11.3. The van der Waals surface area contributed by atoms with E-state index in [1.54, 1.807) is 0 Å². The summed E-state index contributed by atoms with van der Waals surface area (Å²) >= 11 is 0. The molecule has 0 fully saturated rings. The second kappa shape index (κ2) is 8.73. The zero-order valence-electron chi connectivity index (χ0n) is 11.9. The van der Waals surface area contributed by atoms with Gasteiger partial charge in [0, 0.05) is 6.42 Å².